The van der Waals surface area contributed by atoms with Crippen LogP contribution in [-0.2, 0) is 15.0 Å². The number of amides is 1. The number of hydrogen-bond donors (Lipinski definition) is 2. The summed E-state index contributed by atoms with van der Waals surface area (Å²) in [5, 5.41) is 12.1. The number of rotatable bonds is 6. The van der Waals surface area contributed by atoms with E-state index >= 15 is 0 Å². The molecule has 4 nitrogen and oxygen atoms in total. The zero-order chi connectivity index (χ0) is 14.6. The van der Waals surface area contributed by atoms with Crippen molar-refractivity contribution in [3.05, 3.63) is 41.5 Å². The molecular formula is C16H19NO3. The molecular weight excluding hydrogens is 254 g/mol. The van der Waals surface area contributed by atoms with Gasteiger partial charge in [0, 0.05) is 13.5 Å². The van der Waals surface area contributed by atoms with Crippen molar-refractivity contribution in [2.75, 3.05) is 6.54 Å². The zero-order valence-electron chi connectivity index (χ0n) is 11.6. The minimum Gasteiger partial charge on any atom is -0.481 e. The molecule has 2 N–H and O–H groups in total. The van der Waals surface area contributed by atoms with Crippen molar-refractivity contribution in [1.82, 2.24) is 5.32 Å². The molecule has 1 aromatic carbocycles. The molecule has 0 radical (unpaired) electrons. The molecule has 106 valence electrons. The Kier molecular flexibility index (Phi) is 4.23. The van der Waals surface area contributed by atoms with Crippen molar-refractivity contribution in [3.8, 4) is 0 Å². The van der Waals surface area contributed by atoms with Crippen LogP contribution < -0.4 is 5.32 Å². The van der Waals surface area contributed by atoms with Crippen LogP contribution in [0.5, 0.6) is 0 Å². The van der Waals surface area contributed by atoms with Crippen LogP contribution in [0.3, 0.4) is 0 Å². The highest BCUT2D eigenvalue weighted by Crippen LogP contribution is 2.49. The second-order valence-electron chi connectivity index (χ2n) is 5.15. The lowest BCUT2D eigenvalue weighted by Gasteiger charge is -2.13. The fourth-order valence-corrected chi connectivity index (χ4v) is 2.34. The van der Waals surface area contributed by atoms with Gasteiger partial charge in [-0.2, -0.15) is 0 Å². The van der Waals surface area contributed by atoms with E-state index in [0.29, 0.717) is 19.4 Å². The Morgan fingerprint density at radius 1 is 1.35 bits per heavy atom. The number of carbonyl (C=O) groups excluding carboxylic acids is 1. The molecule has 1 aliphatic rings. The minimum atomic E-state index is -0.739. The molecule has 1 saturated carbocycles. The Bertz CT molecular complexity index is 544. The van der Waals surface area contributed by atoms with Crippen molar-refractivity contribution in [2.24, 2.45) is 0 Å². The van der Waals surface area contributed by atoms with E-state index in [2.05, 4.69) is 5.32 Å². The van der Waals surface area contributed by atoms with E-state index in [-0.39, 0.29) is 5.91 Å². The lowest BCUT2D eigenvalue weighted by atomic mass is 9.91. The van der Waals surface area contributed by atoms with E-state index in [1.165, 1.54) is 6.92 Å². The molecule has 0 aromatic heterocycles. The van der Waals surface area contributed by atoms with E-state index in [1.54, 1.807) is 0 Å². The van der Waals surface area contributed by atoms with Gasteiger partial charge in [0.05, 0.1) is 5.41 Å². The maximum Gasteiger partial charge on any atom is 0.314 e. The maximum atomic E-state index is 11.4. The summed E-state index contributed by atoms with van der Waals surface area (Å²) in [7, 11) is 0. The summed E-state index contributed by atoms with van der Waals surface area (Å²) >= 11 is 0. The first-order valence-electron chi connectivity index (χ1n) is 6.80. The number of aliphatic carboxylic acids is 1. The fourth-order valence-electron chi connectivity index (χ4n) is 2.34. The smallest absolute Gasteiger partial charge is 0.314 e. The second kappa shape index (κ2) is 5.90. The number of nitrogens with one attached hydrogen (secondary N) is 1. The molecule has 1 aromatic rings. The summed E-state index contributed by atoms with van der Waals surface area (Å²) in [6, 6.07) is 7.63. The third-order valence-electron chi connectivity index (χ3n) is 3.62. The summed E-state index contributed by atoms with van der Waals surface area (Å²) in [6.07, 6.45) is 6.05. The molecule has 0 spiro atoms. The number of hydrogen-bond acceptors (Lipinski definition) is 2. The van der Waals surface area contributed by atoms with Crippen LogP contribution in [0.1, 0.15) is 37.3 Å². The number of carbonyl (C=O) groups is 2. The molecule has 0 bridgehead atoms. The predicted octanol–water partition coefficient (Wildman–Crippen LogP) is 2.34. The number of carboxylic acid groups (broad SMARTS) is 1. The Balaban J connectivity index is 2.07. The van der Waals surface area contributed by atoms with Gasteiger partial charge in [-0.25, -0.2) is 0 Å². The Morgan fingerprint density at radius 2 is 2.05 bits per heavy atom. The van der Waals surface area contributed by atoms with Crippen molar-refractivity contribution in [1.29, 1.82) is 0 Å². The molecule has 1 aliphatic carbocycles. The van der Waals surface area contributed by atoms with Crippen LogP contribution in [0.2, 0.25) is 0 Å². The van der Waals surface area contributed by atoms with Gasteiger partial charge in [-0.15, -0.1) is 0 Å². The third-order valence-corrected chi connectivity index (χ3v) is 3.62. The van der Waals surface area contributed by atoms with Gasteiger partial charge in [-0.3, -0.25) is 9.59 Å². The summed E-state index contributed by atoms with van der Waals surface area (Å²) < 4.78 is 0. The molecule has 4 heteroatoms. The molecule has 1 fully saturated rings. The highest BCUT2D eigenvalue weighted by atomic mass is 16.4. The molecule has 0 atom stereocenters. The van der Waals surface area contributed by atoms with Crippen LogP contribution in [-0.4, -0.2) is 23.5 Å². The van der Waals surface area contributed by atoms with Crippen molar-refractivity contribution in [2.45, 2.75) is 31.6 Å². The fraction of sp³-hybridized carbons (Fsp3) is 0.375. The summed E-state index contributed by atoms with van der Waals surface area (Å²) in [4.78, 5) is 22.2. The number of carboxylic acids is 1. The van der Waals surface area contributed by atoms with Gasteiger partial charge in [0.15, 0.2) is 0 Å². The van der Waals surface area contributed by atoms with Crippen LogP contribution in [0.15, 0.2) is 30.3 Å². The van der Waals surface area contributed by atoms with E-state index in [0.717, 1.165) is 17.5 Å². The third kappa shape index (κ3) is 3.07. The SMILES string of the molecule is CC(=O)NCCC=Cc1ccccc1C1(C(=O)O)CC1. The number of benzene rings is 1. The molecule has 1 amide bonds. The van der Waals surface area contributed by atoms with Gasteiger partial charge in [0.1, 0.15) is 0 Å². The van der Waals surface area contributed by atoms with Gasteiger partial charge >= 0.3 is 5.97 Å². The average Bonchev–Trinajstić information content (AvgIpc) is 3.20. The zero-order valence-corrected chi connectivity index (χ0v) is 11.6. The quantitative estimate of drug-likeness (QED) is 0.782. The highest BCUT2D eigenvalue weighted by Gasteiger charge is 2.52. The Labute approximate surface area is 118 Å². The van der Waals surface area contributed by atoms with Gasteiger partial charge in [0.25, 0.3) is 0 Å². The first kappa shape index (κ1) is 14.3. The molecule has 2 rings (SSSR count). The van der Waals surface area contributed by atoms with E-state index in [1.807, 2.05) is 36.4 Å². The van der Waals surface area contributed by atoms with Crippen LogP contribution in [0.4, 0.5) is 0 Å². The van der Waals surface area contributed by atoms with Crippen LogP contribution >= 0.6 is 0 Å². The topological polar surface area (TPSA) is 66.4 Å². The lowest BCUT2D eigenvalue weighted by molar-refractivity contribution is -0.140. The normalized spacial score (nSPS) is 16.1. The molecule has 0 saturated heterocycles. The summed E-state index contributed by atoms with van der Waals surface area (Å²) in [5.74, 6) is -0.779. The van der Waals surface area contributed by atoms with Crippen molar-refractivity contribution in [3.63, 3.8) is 0 Å². The van der Waals surface area contributed by atoms with Crippen molar-refractivity contribution < 1.29 is 14.7 Å². The minimum absolute atomic E-state index is 0.0402. The second-order valence-corrected chi connectivity index (χ2v) is 5.15. The van der Waals surface area contributed by atoms with Crippen LogP contribution in [0, 0.1) is 0 Å². The Morgan fingerprint density at radius 3 is 2.65 bits per heavy atom. The standard InChI is InChI=1S/C16H19NO3/c1-12(18)17-11-5-4-7-13-6-2-3-8-14(13)16(9-10-16)15(19)20/h2-4,6-8H,5,9-11H2,1H3,(H,17,18)(H,19,20). The van der Waals surface area contributed by atoms with Gasteiger partial charge in [-0.05, 0) is 30.4 Å². The van der Waals surface area contributed by atoms with Gasteiger partial charge in [0.2, 0.25) is 5.91 Å². The average molecular weight is 273 g/mol. The highest BCUT2D eigenvalue weighted by molar-refractivity contribution is 5.86. The first-order valence-corrected chi connectivity index (χ1v) is 6.80. The van der Waals surface area contributed by atoms with E-state index < -0.39 is 11.4 Å². The molecule has 0 heterocycles. The van der Waals surface area contributed by atoms with Crippen LogP contribution in [0.25, 0.3) is 6.08 Å². The predicted molar refractivity (Wildman–Crippen MR) is 77.3 cm³/mol. The van der Waals surface area contributed by atoms with E-state index in [9.17, 15) is 14.7 Å². The Hall–Kier alpha value is -2.10. The molecule has 20 heavy (non-hydrogen) atoms. The van der Waals surface area contributed by atoms with Gasteiger partial charge < -0.3 is 10.4 Å². The lowest BCUT2D eigenvalue weighted by Crippen LogP contribution is -2.20. The summed E-state index contributed by atoms with van der Waals surface area (Å²) in [6.45, 7) is 2.08. The maximum absolute atomic E-state index is 11.4. The molecule has 0 aliphatic heterocycles. The largest absolute Gasteiger partial charge is 0.481 e. The first-order chi connectivity index (χ1) is 9.56. The van der Waals surface area contributed by atoms with E-state index in [4.69, 9.17) is 0 Å². The van der Waals surface area contributed by atoms with Gasteiger partial charge in [-0.1, -0.05) is 36.4 Å². The van der Waals surface area contributed by atoms with Crippen molar-refractivity contribution >= 4 is 18.0 Å². The molecule has 0 unspecified atom stereocenters. The monoisotopic (exact) mass is 273 g/mol. The summed E-state index contributed by atoms with van der Waals surface area (Å²) in [5.41, 5.74) is 1.16.